The maximum Gasteiger partial charge on any atom is 0.281 e. The summed E-state index contributed by atoms with van der Waals surface area (Å²) >= 11 is 5.64. The van der Waals surface area contributed by atoms with Gasteiger partial charge in [-0.15, -0.1) is 0 Å². The third kappa shape index (κ3) is 4.19. The molecular formula is C14H13ClN2O4S. The molecule has 1 atom stereocenters. The molecule has 0 aliphatic rings. The Morgan fingerprint density at radius 2 is 1.91 bits per heavy atom. The molecule has 0 radical (unpaired) electrons. The van der Waals surface area contributed by atoms with E-state index < -0.39 is 22.0 Å². The van der Waals surface area contributed by atoms with Crippen LogP contribution in [0.2, 0.25) is 5.02 Å². The smallest absolute Gasteiger partial charge is 0.281 e. The van der Waals surface area contributed by atoms with Gasteiger partial charge in [0.05, 0.1) is 5.02 Å². The van der Waals surface area contributed by atoms with Crippen LogP contribution in [0.15, 0.2) is 53.7 Å². The fraction of sp³-hybridized carbons (Fsp3) is 0.143. The van der Waals surface area contributed by atoms with E-state index in [1.807, 2.05) is 4.72 Å². The van der Waals surface area contributed by atoms with Gasteiger partial charge >= 0.3 is 0 Å². The van der Waals surface area contributed by atoms with Gasteiger partial charge in [-0.25, -0.2) is 9.71 Å². The Bertz CT molecular complexity index is 748. The van der Waals surface area contributed by atoms with Gasteiger partial charge in [0, 0.05) is 6.20 Å². The lowest BCUT2D eigenvalue weighted by atomic mass is 10.3. The molecule has 6 nitrogen and oxygen atoms in total. The summed E-state index contributed by atoms with van der Waals surface area (Å²) in [6.07, 6.45) is 0.203. The van der Waals surface area contributed by atoms with Gasteiger partial charge in [-0.1, -0.05) is 29.8 Å². The summed E-state index contributed by atoms with van der Waals surface area (Å²) in [6.45, 7) is 1.45. The second-order valence-corrected chi connectivity index (χ2v) is 6.42. The molecule has 1 unspecified atom stereocenters. The van der Waals surface area contributed by atoms with Crippen molar-refractivity contribution in [2.75, 3.05) is 0 Å². The molecule has 1 aromatic carbocycles. The fourth-order valence-electron chi connectivity index (χ4n) is 1.55. The Balaban J connectivity index is 2.05. The van der Waals surface area contributed by atoms with E-state index in [0.29, 0.717) is 10.8 Å². The monoisotopic (exact) mass is 340 g/mol. The van der Waals surface area contributed by atoms with Crippen molar-refractivity contribution in [1.29, 1.82) is 0 Å². The number of nitrogens with zero attached hydrogens (tertiary/aromatic N) is 1. The van der Waals surface area contributed by atoms with Crippen LogP contribution in [0.5, 0.6) is 5.75 Å². The van der Waals surface area contributed by atoms with Crippen molar-refractivity contribution in [3.8, 4) is 5.75 Å². The average molecular weight is 341 g/mol. The Morgan fingerprint density at radius 1 is 1.23 bits per heavy atom. The van der Waals surface area contributed by atoms with Crippen molar-refractivity contribution in [3.05, 3.63) is 53.7 Å². The largest absolute Gasteiger partial charge is 0.481 e. The molecule has 1 aromatic heterocycles. The standard InChI is InChI=1S/C14H13ClN2O4S/c1-10(21-12-5-3-2-4-6-12)14(18)17-22(19,20)13-8-7-11(15)9-16-13/h2-10H,1H3,(H,17,18). The van der Waals surface area contributed by atoms with Crippen LogP contribution in [0, 0.1) is 0 Å². The number of halogens is 1. The zero-order valence-electron chi connectivity index (χ0n) is 11.6. The molecular weight excluding hydrogens is 328 g/mol. The van der Waals surface area contributed by atoms with Crippen molar-refractivity contribution in [2.45, 2.75) is 18.1 Å². The maximum absolute atomic E-state index is 12.0. The van der Waals surface area contributed by atoms with Gasteiger partial charge in [0.1, 0.15) is 5.75 Å². The zero-order chi connectivity index (χ0) is 16.2. The van der Waals surface area contributed by atoms with Crippen molar-refractivity contribution < 1.29 is 17.9 Å². The summed E-state index contributed by atoms with van der Waals surface area (Å²) < 4.78 is 31.3. The molecule has 22 heavy (non-hydrogen) atoms. The summed E-state index contributed by atoms with van der Waals surface area (Å²) in [7, 11) is -4.06. The first-order chi connectivity index (χ1) is 10.4. The van der Waals surface area contributed by atoms with E-state index in [9.17, 15) is 13.2 Å². The topological polar surface area (TPSA) is 85.4 Å². The van der Waals surface area contributed by atoms with Crippen LogP contribution in [0.25, 0.3) is 0 Å². The van der Waals surface area contributed by atoms with Crippen LogP contribution in [-0.4, -0.2) is 25.4 Å². The summed E-state index contributed by atoms with van der Waals surface area (Å²) in [5, 5.41) is 0.00298. The van der Waals surface area contributed by atoms with Gasteiger partial charge in [0.15, 0.2) is 11.1 Å². The molecule has 2 rings (SSSR count). The van der Waals surface area contributed by atoms with E-state index in [2.05, 4.69) is 4.98 Å². The number of hydrogen-bond acceptors (Lipinski definition) is 5. The highest BCUT2D eigenvalue weighted by atomic mass is 35.5. The fourth-order valence-corrected chi connectivity index (χ4v) is 2.63. The quantitative estimate of drug-likeness (QED) is 0.899. The van der Waals surface area contributed by atoms with Crippen molar-refractivity contribution >= 4 is 27.5 Å². The number of para-hydroxylation sites is 1. The summed E-state index contributed by atoms with van der Waals surface area (Å²) in [4.78, 5) is 15.6. The highest BCUT2D eigenvalue weighted by Crippen LogP contribution is 2.13. The Morgan fingerprint density at radius 3 is 2.50 bits per heavy atom. The Kier molecular flexibility index (Phi) is 4.99. The molecule has 8 heteroatoms. The highest BCUT2D eigenvalue weighted by Gasteiger charge is 2.23. The van der Waals surface area contributed by atoms with Gasteiger partial charge in [-0.05, 0) is 31.2 Å². The lowest BCUT2D eigenvalue weighted by molar-refractivity contribution is -0.125. The molecule has 0 spiro atoms. The number of sulfonamides is 1. The van der Waals surface area contributed by atoms with E-state index in [4.69, 9.17) is 16.3 Å². The molecule has 0 aliphatic heterocycles. The average Bonchev–Trinajstić information content (AvgIpc) is 2.48. The van der Waals surface area contributed by atoms with Gasteiger partial charge in [-0.2, -0.15) is 8.42 Å². The minimum Gasteiger partial charge on any atom is -0.481 e. The number of amides is 1. The Labute approximate surface area is 133 Å². The van der Waals surface area contributed by atoms with E-state index in [1.54, 1.807) is 30.3 Å². The van der Waals surface area contributed by atoms with Crippen LogP contribution < -0.4 is 9.46 Å². The minimum atomic E-state index is -4.06. The predicted molar refractivity (Wildman–Crippen MR) is 81.1 cm³/mol. The third-order valence-electron chi connectivity index (χ3n) is 2.64. The molecule has 2 aromatic rings. The molecule has 0 saturated carbocycles. The second-order valence-electron chi connectivity index (χ2n) is 4.36. The number of benzene rings is 1. The van der Waals surface area contributed by atoms with Crippen LogP contribution in [-0.2, 0) is 14.8 Å². The minimum absolute atomic E-state index is 0.294. The van der Waals surface area contributed by atoms with Gasteiger partial charge in [0.25, 0.3) is 15.9 Å². The zero-order valence-corrected chi connectivity index (χ0v) is 13.1. The third-order valence-corrected chi connectivity index (χ3v) is 4.12. The number of ether oxygens (including phenoxy) is 1. The molecule has 0 fully saturated rings. The van der Waals surface area contributed by atoms with Gasteiger partial charge in [0.2, 0.25) is 0 Å². The van der Waals surface area contributed by atoms with E-state index in [0.717, 1.165) is 0 Å². The van der Waals surface area contributed by atoms with Gasteiger partial charge in [-0.3, -0.25) is 4.79 Å². The Hall–Kier alpha value is -2.12. The maximum atomic E-state index is 12.0. The number of pyridine rings is 1. The number of carbonyl (C=O) groups is 1. The number of rotatable bonds is 5. The lowest BCUT2D eigenvalue weighted by Gasteiger charge is -2.14. The summed E-state index contributed by atoms with van der Waals surface area (Å²) in [6, 6.07) is 11.2. The molecule has 1 amide bonds. The van der Waals surface area contributed by atoms with Crippen LogP contribution in [0.4, 0.5) is 0 Å². The molecule has 1 N–H and O–H groups in total. The van der Waals surface area contributed by atoms with Crippen molar-refractivity contribution in [3.63, 3.8) is 0 Å². The first-order valence-electron chi connectivity index (χ1n) is 6.28. The lowest BCUT2D eigenvalue weighted by Crippen LogP contribution is -2.40. The highest BCUT2D eigenvalue weighted by molar-refractivity contribution is 7.90. The van der Waals surface area contributed by atoms with Crippen molar-refractivity contribution in [1.82, 2.24) is 9.71 Å². The van der Waals surface area contributed by atoms with Gasteiger partial charge < -0.3 is 4.74 Å². The summed E-state index contributed by atoms with van der Waals surface area (Å²) in [5.74, 6) is -0.326. The van der Waals surface area contributed by atoms with Crippen LogP contribution in [0.3, 0.4) is 0 Å². The number of hydrogen-bond donors (Lipinski definition) is 1. The summed E-state index contributed by atoms with van der Waals surface area (Å²) in [5.41, 5.74) is 0. The van der Waals surface area contributed by atoms with Crippen molar-refractivity contribution in [2.24, 2.45) is 0 Å². The first-order valence-corrected chi connectivity index (χ1v) is 8.14. The number of carbonyl (C=O) groups excluding carboxylic acids is 1. The molecule has 0 saturated heterocycles. The number of nitrogens with one attached hydrogen (secondary N) is 1. The molecule has 0 aliphatic carbocycles. The number of aromatic nitrogens is 1. The molecule has 1 heterocycles. The van der Waals surface area contributed by atoms with E-state index in [1.165, 1.54) is 25.3 Å². The predicted octanol–water partition coefficient (Wildman–Crippen LogP) is 2.01. The normalized spacial score (nSPS) is 12.5. The first kappa shape index (κ1) is 16.3. The van der Waals surface area contributed by atoms with Crippen LogP contribution >= 0.6 is 11.6 Å². The van der Waals surface area contributed by atoms with Crippen LogP contribution in [0.1, 0.15) is 6.92 Å². The molecule has 0 bridgehead atoms. The second kappa shape index (κ2) is 6.76. The van der Waals surface area contributed by atoms with E-state index >= 15 is 0 Å². The van der Waals surface area contributed by atoms with E-state index in [-0.39, 0.29) is 5.03 Å². The molecule has 116 valence electrons. The SMILES string of the molecule is CC(Oc1ccccc1)C(=O)NS(=O)(=O)c1ccc(Cl)cn1.